The topological polar surface area (TPSA) is 81.7 Å². The van der Waals surface area contributed by atoms with Gasteiger partial charge in [0.25, 0.3) is 0 Å². The van der Waals surface area contributed by atoms with Gasteiger partial charge in [-0.05, 0) is 60.7 Å². The summed E-state index contributed by atoms with van der Waals surface area (Å²) in [6.45, 7) is 2.79. The number of rotatable bonds is 5. The summed E-state index contributed by atoms with van der Waals surface area (Å²) < 4.78 is 19.5. The Kier molecular flexibility index (Phi) is 5.57. The van der Waals surface area contributed by atoms with Crippen LogP contribution in [0.3, 0.4) is 0 Å². The van der Waals surface area contributed by atoms with E-state index in [-0.39, 0.29) is 23.7 Å². The van der Waals surface area contributed by atoms with E-state index in [1.807, 2.05) is 6.07 Å². The summed E-state index contributed by atoms with van der Waals surface area (Å²) in [7, 11) is 1.59. The lowest BCUT2D eigenvalue weighted by molar-refractivity contribution is -0.150. The van der Waals surface area contributed by atoms with Crippen LogP contribution < -0.4 is 4.74 Å². The van der Waals surface area contributed by atoms with Crippen molar-refractivity contribution in [3.8, 4) is 16.9 Å². The lowest BCUT2D eigenvalue weighted by Crippen LogP contribution is -2.58. The molecule has 2 N–H and O–H groups in total. The molecule has 8 heteroatoms. The van der Waals surface area contributed by atoms with Crippen molar-refractivity contribution in [1.29, 1.82) is 0 Å². The molecular formula is C27H29FN4O3. The van der Waals surface area contributed by atoms with Crippen LogP contribution in [0, 0.1) is 11.7 Å². The minimum atomic E-state index is -0.340. The molecule has 1 amide bonds. The van der Waals surface area contributed by atoms with E-state index in [1.165, 1.54) is 17.7 Å². The van der Waals surface area contributed by atoms with Crippen molar-refractivity contribution >= 4 is 22.5 Å². The van der Waals surface area contributed by atoms with Crippen LogP contribution in [-0.2, 0) is 4.79 Å². The second-order valence-electron chi connectivity index (χ2n) is 9.84. The largest absolute Gasteiger partial charge is 0.496 e. The number of pyridine rings is 1. The van der Waals surface area contributed by atoms with Gasteiger partial charge in [0.1, 0.15) is 17.2 Å². The second-order valence-corrected chi connectivity index (χ2v) is 9.84. The maximum absolute atomic E-state index is 14.0. The average Bonchev–Trinajstić information content (AvgIpc) is 3.26. The lowest BCUT2D eigenvalue weighted by Gasteiger charge is -2.46. The Morgan fingerprint density at radius 3 is 2.74 bits per heavy atom. The van der Waals surface area contributed by atoms with Crippen LogP contribution in [0.5, 0.6) is 5.75 Å². The van der Waals surface area contributed by atoms with Gasteiger partial charge in [0.15, 0.2) is 0 Å². The van der Waals surface area contributed by atoms with Crippen LogP contribution >= 0.6 is 0 Å². The molecule has 0 unspecified atom stereocenters. The van der Waals surface area contributed by atoms with Crippen LogP contribution in [0.2, 0.25) is 0 Å². The van der Waals surface area contributed by atoms with E-state index in [4.69, 9.17) is 4.74 Å². The third kappa shape index (κ3) is 4.00. The number of benzene rings is 1. The molecule has 35 heavy (non-hydrogen) atoms. The molecule has 2 aliphatic heterocycles. The average molecular weight is 477 g/mol. The molecule has 0 atom stereocenters. The van der Waals surface area contributed by atoms with Gasteiger partial charge in [0.2, 0.25) is 5.91 Å². The molecule has 0 spiro atoms. The van der Waals surface area contributed by atoms with E-state index in [0.29, 0.717) is 30.4 Å². The number of likely N-dealkylation sites (tertiary alicyclic amines) is 1. The van der Waals surface area contributed by atoms with Crippen LogP contribution in [0.1, 0.15) is 25.0 Å². The SMILES string of the molecule is COc1ccc(F)cc1-c1ccnc2[nH]c(C3=CCN(C4CC(C(=O)N5CC(O)C5)C4)CC3)cc12. The number of ether oxygens (including phenoxy) is 1. The van der Waals surface area contributed by atoms with Crippen LogP contribution in [0.15, 0.2) is 42.6 Å². The molecule has 1 saturated carbocycles. The molecule has 1 aromatic carbocycles. The number of fused-ring (bicyclic) bond motifs is 1. The molecule has 4 heterocycles. The van der Waals surface area contributed by atoms with Gasteiger partial charge in [-0.25, -0.2) is 9.37 Å². The molecule has 2 fully saturated rings. The highest BCUT2D eigenvalue weighted by Gasteiger charge is 2.42. The summed E-state index contributed by atoms with van der Waals surface area (Å²) >= 11 is 0. The van der Waals surface area contributed by atoms with Gasteiger partial charge in [-0.1, -0.05) is 6.08 Å². The highest BCUT2D eigenvalue weighted by Crippen LogP contribution is 2.38. The zero-order chi connectivity index (χ0) is 24.1. The number of aliphatic hydroxyl groups is 1. The van der Waals surface area contributed by atoms with Crippen molar-refractivity contribution in [2.45, 2.75) is 31.4 Å². The number of amides is 1. The van der Waals surface area contributed by atoms with Gasteiger partial charge in [0, 0.05) is 61.0 Å². The number of carbonyl (C=O) groups excluding carboxylic acids is 1. The molecule has 3 aromatic rings. The molecule has 1 saturated heterocycles. The molecule has 1 aliphatic carbocycles. The van der Waals surface area contributed by atoms with Crippen LogP contribution in [0.25, 0.3) is 27.7 Å². The number of halogens is 1. The third-order valence-corrected chi connectivity index (χ3v) is 7.72. The number of hydrogen-bond donors (Lipinski definition) is 2. The van der Waals surface area contributed by atoms with E-state index in [0.717, 1.165) is 54.6 Å². The van der Waals surface area contributed by atoms with E-state index in [9.17, 15) is 14.3 Å². The Morgan fingerprint density at radius 2 is 2.03 bits per heavy atom. The minimum Gasteiger partial charge on any atom is -0.496 e. The number of nitrogens with zero attached hydrogens (tertiary/aromatic N) is 3. The summed E-state index contributed by atoms with van der Waals surface area (Å²) in [5.74, 6) is 0.628. The van der Waals surface area contributed by atoms with Gasteiger partial charge >= 0.3 is 0 Å². The monoisotopic (exact) mass is 476 g/mol. The number of β-amino-alcohol motifs (C(OH)–C–C–N with tert-alkyl or cyclic N) is 1. The van der Waals surface area contributed by atoms with Gasteiger partial charge in [-0.2, -0.15) is 0 Å². The van der Waals surface area contributed by atoms with Crippen LogP contribution in [-0.4, -0.2) is 76.2 Å². The summed E-state index contributed by atoms with van der Waals surface area (Å²) in [5.41, 5.74) is 4.64. The fourth-order valence-corrected chi connectivity index (χ4v) is 5.57. The number of carbonyl (C=O) groups is 1. The number of methoxy groups -OCH3 is 1. The fourth-order valence-electron chi connectivity index (χ4n) is 5.57. The number of H-pyrrole nitrogens is 1. The van der Waals surface area contributed by atoms with Gasteiger partial charge in [0.05, 0.1) is 13.2 Å². The number of aromatic nitrogens is 2. The number of aromatic amines is 1. The first-order valence-electron chi connectivity index (χ1n) is 12.2. The Labute approximate surface area is 203 Å². The Hall–Kier alpha value is -3.23. The Bertz CT molecular complexity index is 1310. The van der Waals surface area contributed by atoms with Crippen molar-refractivity contribution in [1.82, 2.24) is 19.8 Å². The Morgan fingerprint density at radius 1 is 1.20 bits per heavy atom. The quantitative estimate of drug-likeness (QED) is 0.590. The first-order valence-corrected chi connectivity index (χ1v) is 12.2. The van der Waals surface area contributed by atoms with Crippen LogP contribution in [0.4, 0.5) is 4.39 Å². The molecule has 7 nitrogen and oxygen atoms in total. The summed E-state index contributed by atoms with van der Waals surface area (Å²) in [6.07, 6.45) is 6.38. The number of nitrogens with one attached hydrogen (secondary N) is 1. The number of hydrogen-bond acceptors (Lipinski definition) is 5. The van der Waals surface area contributed by atoms with Gasteiger partial charge in [-0.3, -0.25) is 9.69 Å². The van der Waals surface area contributed by atoms with E-state index in [2.05, 4.69) is 27.0 Å². The van der Waals surface area contributed by atoms with Gasteiger partial charge < -0.3 is 19.7 Å². The smallest absolute Gasteiger partial charge is 0.225 e. The summed E-state index contributed by atoms with van der Waals surface area (Å²) in [6, 6.07) is 8.99. The molecule has 2 aromatic heterocycles. The molecule has 0 radical (unpaired) electrons. The predicted octanol–water partition coefficient (Wildman–Crippen LogP) is 3.45. The molecule has 0 bridgehead atoms. The first-order chi connectivity index (χ1) is 17.0. The normalized spacial score (nSPS) is 23.1. The molecular weight excluding hydrogens is 447 g/mol. The highest BCUT2D eigenvalue weighted by molar-refractivity contribution is 5.96. The van der Waals surface area contributed by atoms with E-state index < -0.39 is 0 Å². The van der Waals surface area contributed by atoms with Crippen molar-refractivity contribution in [3.05, 3.63) is 54.1 Å². The molecule has 6 rings (SSSR count). The third-order valence-electron chi connectivity index (χ3n) is 7.72. The zero-order valence-corrected chi connectivity index (χ0v) is 19.7. The predicted molar refractivity (Wildman–Crippen MR) is 131 cm³/mol. The molecule has 182 valence electrons. The lowest BCUT2D eigenvalue weighted by atomic mass is 9.77. The molecule has 3 aliphatic rings. The maximum Gasteiger partial charge on any atom is 0.225 e. The standard InChI is InChI=1S/C27H29FN4O3/c1-35-25-3-2-18(28)12-22(25)21-4-7-29-26-23(21)13-24(30-26)16-5-8-31(9-6-16)19-10-17(11-19)27(34)32-14-20(33)15-32/h2-5,7,12-13,17,19-20,33H,6,8-11,14-15H2,1H3,(H,29,30). The summed E-state index contributed by atoms with van der Waals surface area (Å²) in [4.78, 5) is 24.6. The highest BCUT2D eigenvalue weighted by atomic mass is 19.1. The first kappa shape index (κ1) is 22.2. The van der Waals surface area contributed by atoms with Gasteiger partial charge in [-0.15, -0.1) is 0 Å². The Balaban J connectivity index is 1.16. The van der Waals surface area contributed by atoms with Crippen molar-refractivity contribution in [2.75, 3.05) is 33.3 Å². The zero-order valence-electron chi connectivity index (χ0n) is 19.7. The second kappa shape index (κ2) is 8.77. The van der Waals surface area contributed by atoms with Crippen molar-refractivity contribution < 1.29 is 19.0 Å². The van der Waals surface area contributed by atoms with E-state index in [1.54, 1.807) is 24.3 Å². The van der Waals surface area contributed by atoms with Crippen molar-refractivity contribution in [3.63, 3.8) is 0 Å². The fraction of sp³-hybridized carbons (Fsp3) is 0.407. The summed E-state index contributed by atoms with van der Waals surface area (Å²) in [5, 5.41) is 10.4. The maximum atomic E-state index is 14.0. The van der Waals surface area contributed by atoms with E-state index >= 15 is 0 Å². The van der Waals surface area contributed by atoms with Crippen molar-refractivity contribution in [2.24, 2.45) is 5.92 Å². The minimum absolute atomic E-state index is 0.107. The number of aliphatic hydroxyl groups excluding tert-OH is 1.